The molecule has 146 valence electrons. The minimum absolute atomic E-state index is 0.0444. The van der Waals surface area contributed by atoms with Crippen LogP contribution in [0.15, 0.2) is 29.2 Å². The van der Waals surface area contributed by atoms with Gasteiger partial charge in [-0.1, -0.05) is 12.1 Å². The lowest BCUT2D eigenvalue weighted by molar-refractivity contribution is -0.127. The quantitative estimate of drug-likeness (QED) is 0.789. The van der Waals surface area contributed by atoms with E-state index >= 15 is 0 Å². The van der Waals surface area contributed by atoms with Gasteiger partial charge in [-0.3, -0.25) is 4.90 Å². The van der Waals surface area contributed by atoms with Crippen LogP contribution in [-0.4, -0.2) is 69.2 Å². The van der Waals surface area contributed by atoms with Gasteiger partial charge in [0.15, 0.2) is 0 Å². The average Bonchev–Trinajstić information content (AvgIpc) is 2.62. The first kappa shape index (κ1) is 19.6. The molecule has 0 aromatic heterocycles. The largest absolute Gasteiger partial charge is 0.393 e. The van der Waals surface area contributed by atoms with Crippen LogP contribution in [0.2, 0.25) is 0 Å². The van der Waals surface area contributed by atoms with Crippen molar-refractivity contribution in [1.29, 1.82) is 0 Å². The van der Waals surface area contributed by atoms with Gasteiger partial charge in [0.25, 0.3) is 0 Å². The molecule has 0 bridgehead atoms. The van der Waals surface area contributed by atoms with Crippen molar-refractivity contribution in [2.24, 2.45) is 0 Å². The predicted octanol–water partition coefficient (Wildman–Crippen LogP) is 2.28. The van der Waals surface area contributed by atoms with Crippen molar-refractivity contribution in [1.82, 2.24) is 9.21 Å². The van der Waals surface area contributed by atoms with Crippen LogP contribution in [0, 0.1) is 0 Å². The third-order valence-corrected chi connectivity index (χ3v) is 6.86. The Morgan fingerprint density at radius 2 is 1.58 bits per heavy atom. The van der Waals surface area contributed by atoms with Crippen LogP contribution in [0.3, 0.4) is 0 Å². The number of halogens is 3. The number of ether oxygens (including phenoxy) is 1. The second kappa shape index (κ2) is 7.84. The van der Waals surface area contributed by atoms with Gasteiger partial charge in [-0.05, 0) is 30.5 Å². The minimum atomic E-state index is -4.30. The number of alkyl halides is 3. The van der Waals surface area contributed by atoms with Gasteiger partial charge < -0.3 is 4.74 Å². The zero-order valence-electron chi connectivity index (χ0n) is 14.4. The molecule has 2 aliphatic rings. The fourth-order valence-corrected chi connectivity index (χ4v) is 4.94. The van der Waals surface area contributed by atoms with Gasteiger partial charge >= 0.3 is 6.18 Å². The van der Waals surface area contributed by atoms with E-state index in [-0.39, 0.29) is 10.5 Å². The lowest BCUT2D eigenvalue weighted by atomic mass is 10.1. The van der Waals surface area contributed by atoms with Crippen molar-refractivity contribution in [3.63, 3.8) is 0 Å². The second-order valence-electron chi connectivity index (χ2n) is 6.72. The Morgan fingerprint density at radius 3 is 2.12 bits per heavy atom. The molecule has 0 atom stereocenters. The highest BCUT2D eigenvalue weighted by Gasteiger charge is 2.32. The summed E-state index contributed by atoms with van der Waals surface area (Å²) in [7, 11) is -3.68. The molecule has 0 unspecified atom stereocenters. The average molecular weight is 392 g/mol. The fraction of sp³-hybridized carbons (Fsp3) is 0.647. The molecule has 0 amide bonds. The Hall–Kier alpha value is -1.16. The standard InChI is InChI=1S/C17H23F3N2O3S/c18-17(19,20)13-14-1-3-16(4-2-14)26(23,24)22-9-7-21(8-10-22)15-5-11-25-12-6-15/h1-4,15H,5-13H2. The van der Waals surface area contributed by atoms with Crippen LogP contribution < -0.4 is 0 Å². The Balaban J connectivity index is 1.62. The first-order valence-electron chi connectivity index (χ1n) is 8.73. The van der Waals surface area contributed by atoms with Crippen LogP contribution in [0.1, 0.15) is 18.4 Å². The second-order valence-corrected chi connectivity index (χ2v) is 8.66. The fourth-order valence-electron chi connectivity index (χ4n) is 3.52. The van der Waals surface area contributed by atoms with E-state index in [0.717, 1.165) is 26.1 Å². The van der Waals surface area contributed by atoms with Gasteiger partial charge in [0.1, 0.15) is 0 Å². The van der Waals surface area contributed by atoms with E-state index in [1.807, 2.05) is 0 Å². The summed E-state index contributed by atoms with van der Waals surface area (Å²) in [6, 6.07) is 5.44. The van der Waals surface area contributed by atoms with E-state index in [0.29, 0.717) is 32.2 Å². The molecule has 3 rings (SSSR count). The number of benzene rings is 1. The summed E-state index contributed by atoms with van der Waals surface area (Å²) >= 11 is 0. The van der Waals surface area contributed by atoms with Crippen LogP contribution in [0.25, 0.3) is 0 Å². The molecule has 2 saturated heterocycles. The Labute approximate surface area is 151 Å². The molecule has 0 saturated carbocycles. The lowest BCUT2D eigenvalue weighted by Crippen LogP contribution is -2.52. The topological polar surface area (TPSA) is 49.9 Å². The number of piperazine rings is 1. The number of rotatable bonds is 4. The molecule has 1 aromatic rings. The highest BCUT2D eigenvalue weighted by molar-refractivity contribution is 7.89. The number of sulfonamides is 1. The Kier molecular flexibility index (Phi) is 5.91. The summed E-state index contributed by atoms with van der Waals surface area (Å²) in [5.74, 6) is 0. The third-order valence-electron chi connectivity index (χ3n) is 4.95. The van der Waals surface area contributed by atoms with Crippen molar-refractivity contribution in [3.8, 4) is 0 Å². The highest BCUT2D eigenvalue weighted by atomic mass is 32.2. The molecule has 0 aliphatic carbocycles. The molecule has 2 heterocycles. The van der Waals surface area contributed by atoms with E-state index < -0.39 is 22.6 Å². The Morgan fingerprint density at radius 1 is 1.00 bits per heavy atom. The van der Waals surface area contributed by atoms with E-state index in [2.05, 4.69) is 4.90 Å². The molecular formula is C17H23F3N2O3S. The summed E-state index contributed by atoms with van der Waals surface area (Å²) in [5.41, 5.74) is 0.0563. The van der Waals surface area contributed by atoms with Crippen LogP contribution >= 0.6 is 0 Å². The first-order chi connectivity index (χ1) is 12.3. The lowest BCUT2D eigenvalue weighted by Gasteiger charge is -2.40. The van der Waals surface area contributed by atoms with Crippen LogP contribution in [0.5, 0.6) is 0 Å². The number of hydrogen-bond acceptors (Lipinski definition) is 4. The van der Waals surface area contributed by atoms with E-state index in [4.69, 9.17) is 4.74 Å². The van der Waals surface area contributed by atoms with Gasteiger partial charge in [0.2, 0.25) is 10.0 Å². The highest BCUT2D eigenvalue weighted by Crippen LogP contribution is 2.24. The van der Waals surface area contributed by atoms with Gasteiger partial charge in [-0.15, -0.1) is 0 Å². The third kappa shape index (κ3) is 4.76. The van der Waals surface area contributed by atoms with Crippen molar-refractivity contribution in [2.75, 3.05) is 39.4 Å². The molecule has 0 spiro atoms. The van der Waals surface area contributed by atoms with Gasteiger partial charge in [0, 0.05) is 45.4 Å². The molecule has 26 heavy (non-hydrogen) atoms. The van der Waals surface area contributed by atoms with E-state index in [1.54, 1.807) is 0 Å². The molecule has 0 radical (unpaired) electrons. The van der Waals surface area contributed by atoms with Crippen LogP contribution in [-0.2, 0) is 21.2 Å². The van der Waals surface area contributed by atoms with Gasteiger partial charge in [0.05, 0.1) is 11.3 Å². The van der Waals surface area contributed by atoms with Crippen molar-refractivity contribution in [2.45, 2.75) is 36.4 Å². The van der Waals surface area contributed by atoms with Crippen molar-refractivity contribution >= 4 is 10.0 Å². The summed E-state index contributed by atoms with van der Waals surface area (Å²) in [6.45, 7) is 3.60. The zero-order valence-corrected chi connectivity index (χ0v) is 15.2. The van der Waals surface area contributed by atoms with Crippen molar-refractivity contribution in [3.05, 3.63) is 29.8 Å². The Bertz CT molecular complexity index is 693. The predicted molar refractivity (Wildman–Crippen MR) is 90.4 cm³/mol. The molecular weight excluding hydrogens is 369 g/mol. The SMILES string of the molecule is O=S(=O)(c1ccc(CC(F)(F)F)cc1)N1CCN(C2CCOCC2)CC1. The maximum atomic E-state index is 12.7. The molecule has 9 heteroatoms. The maximum Gasteiger partial charge on any atom is 0.393 e. The smallest absolute Gasteiger partial charge is 0.381 e. The maximum absolute atomic E-state index is 12.7. The number of nitrogens with zero attached hydrogens (tertiary/aromatic N) is 2. The van der Waals surface area contributed by atoms with Gasteiger partial charge in [-0.25, -0.2) is 8.42 Å². The van der Waals surface area contributed by atoms with Gasteiger partial charge in [-0.2, -0.15) is 17.5 Å². The molecule has 2 fully saturated rings. The molecule has 0 N–H and O–H groups in total. The zero-order chi connectivity index (χ0) is 18.8. The summed E-state index contributed by atoms with van der Waals surface area (Å²) in [6.07, 6.45) is -3.43. The van der Waals surface area contributed by atoms with Crippen molar-refractivity contribution < 1.29 is 26.3 Å². The molecule has 5 nitrogen and oxygen atoms in total. The molecule has 1 aromatic carbocycles. The summed E-state index contributed by atoms with van der Waals surface area (Å²) < 4.78 is 69.5. The number of hydrogen-bond donors (Lipinski definition) is 0. The first-order valence-corrected chi connectivity index (χ1v) is 10.2. The normalized spacial score (nSPS) is 21.8. The minimum Gasteiger partial charge on any atom is -0.381 e. The monoisotopic (exact) mass is 392 g/mol. The van der Waals surface area contributed by atoms with Crippen LogP contribution in [0.4, 0.5) is 13.2 Å². The van der Waals surface area contributed by atoms with E-state index in [9.17, 15) is 21.6 Å². The van der Waals surface area contributed by atoms with E-state index in [1.165, 1.54) is 28.6 Å². The molecule has 2 aliphatic heterocycles. The summed E-state index contributed by atoms with van der Waals surface area (Å²) in [4.78, 5) is 2.35. The summed E-state index contributed by atoms with van der Waals surface area (Å²) in [5, 5.41) is 0.